The Balaban J connectivity index is 0.00000385. The lowest BCUT2D eigenvalue weighted by Gasteiger charge is -2.28. The molecule has 0 radical (unpaired) electrons. The molecule has 7 N–H and O–H groups in total. The smallest absolute Gasteiger partial charge is 0.164 e. The molecule has 0 bridgehead atoms. The molecule has 0 amide bonds. The SMILES string of the molecule is COc1cc2c(Nc3ccccc3Cl)ncnc2cc1O[C@H](CO)[C@H](O)[C@@H](O)[C@H](F)CO.O. The molecule has 0 fully saturated rings. The minimum Gasteiger partial charge on any atom is -0.493 e. The summed E-state index contributed by atoms with van der Waals surface area (Å²) in [5, 5.41) is 42.6. The Morgan fingerprint density at radius 1 is 1.06 bits per heavy atom. The van der Waals surface area contributed by atoms with E-state index in [0.717, 1.165) is 0 Å². The normalized spacial score (nSPS) is 14.6. The maximum absolute atomic E-state index is 13.6. The van der Waals surface area contributed by atoms with Crippen LogP contribution in [0.15, 0.2) is 42.7 Å². The molecule has 3 aromatic rings. The van der Waals surface area contributed by atoms with E-state index >= 15 is 0 Å². The molecule has 180 valence electrons. The summed E-state index contributed by atoms with van der Waals surface area (Å²) in [5.74, 6) is 0.756. The molecule has 0 saturated heterocycles. The van der Waals surface area contributed by atoms with Crippen molar-refractivity contribution >= 4 is 34.0 Å². The van der Waals surface area contributed by atoms with Crippen LogP contribution >= 0.6 is 11.6 Å². The van der Waals surface area contributed by atoms with Gasteiger partial charge in [-0.25, -0.2) is 14.4 Å². The summed E-state index contributed by atoms with van der Waals surface area (Å²) < 4.78 is 24.5. The second-order valence-corrected chi connectivity index (χ2v) is 7.27. The third kappa shape index (κ3) is 5.96. The van der Waals surface area contributed by atoms with Crippen LogP contribution in [-0.4, -0.2) is 80.7 Å². The molecule has 1 heterocycles. The molecular weight excluding hydrogens is 461 g/mol. The van der Waals surface area contributed by atoms with Crippen molar-refractivity contribution in [3.8, 4) is 11.5 Å². The first kappa shape index (κ1) is 26.5. The molecule has 3 rings (SSSR count). The van der Waals surface area contributed by atoms with Gasteiger partial charge in [0.25, 0.3) is 0 Å². The lowest BCUT2D eigenvalue weighted by molar-refractivity contribution is -0.0981. The Bertz CT molecular complexity index is 1060. The molecule has 0 aliphatic carbocycles. The third-order valence-corrected chi connectivity index (χ3v) is 5.11. The number of aliphatic hydroxyl groups excluding tert-OH is 4. The third-order valence-electron chi connectivity index (χ3n) is 4.78. The number of aromatic nitrogens is 2. The van der Waals surface area contributed by atoms with Crippen LogP contribution in [0.2, 0.25) is 5.02 Å². The van der Waals surface area contributed by atoms with E-state index in [1.165, 1.54) is 19.5 Å². The van der Waals surface area contributed by atoms with E-state index in [2.05, 4.69) is 15.3 Å². The molecule has 2 aromatic carbocycles. The number of nitrogens with one attached hydrogen (secondary N) is 1. The molecule has 4 atom stereocenters. The maximum atomic E-state index is 13.6. The van der Waals surface area contributed by atoms with Crippen molar-refractivity contribution < 1.29 is 39.8 Å². The number of nitrogens with zero attached hydrogens (tertiary/aromatic N) is 2. The zero-order valence-electron chi connectivity index (χ0n) is 17.5. The van der Waals surface area contributed by atoms with Gasteiger partial charge in [-0.15, -0.1) is 0 Å². The van der Waals surface area contributed by atoms with Crippen LogP contribution in [0, 0.1) is 0 Å². The van der Waals surface area contributed by atoms with Crippen LogP contribution in [0.25, 0.3) is 10.9 Å². The Morgan fingerprint density at radius 2 is 1.79 bits per heavy atom. The summed E-state index contributed by atoms with van der Waals surface area (Å²) >= 11 is 6.21. The number of halogens is 2. The highest BCUT2D eigenvalue weighted by atomic mass is 35.5. The zero-order valence-corrected chi connectivity index (χ0v) is 18.3. The largest absolute Gasteiger partial charge is 0.493 e. The van der Waals surface area contributed by atoms with Gasteiger partial charge in [0.15, 0.2) is 23.8 Å². The first-order chi connectivity index (χ1) is 15.4. The van der Waals surface area contributed by atoms with Gasteiger partial charge in [-0.3, -0.25) is 0 Å². The fraction of sp³-hybridized carbons (Fsp3) is 0.333. The number of rotatable bonds is 10. The van der Waals surface area contributed by atoms with Gasteiger partial charge >= 0.3 is 0 Å². The number of hydrogen-bond acceptors (Lipinski definition) is 9. The molecule has 0 saturated carbocycles. The number of aliphatic hydroxyl groups is 4. The second-order valence-electron chi connectivity index (χ2n) is 6.87. The number of hydrogen-bond donors (Lipinski definition) is 5. The fourth-order valence-electron chi connectivity index (χ4n) is 3.03. The Hall–Kier alpha value is -2.80. The van der Waals surface area contributed by atoms with Crippen molar-refractivity contribution in [3.05, 3.63) is 47.7 Å². The molecule has 0 unspecified atom stereocenters. The highest BCUT2D eigenvalue weighted by molar-refractivity contribution is 6.33. The molecule has 0 spiro atoms. The van der Waals surface area contributed by atoms with Gasteiger partial charge in [0.05, 0.1) is 36.6 Å². The van der Waals surface area contributed by atoms with Crippen LogP contribution in [0.4, 0.5) is 15.9 Å². The van der Waals surface area contributed by atoms with Gasteiger partial charge < -0.3 is 40.7 Å². The van der Waals surface area contributed by atoms with Crippen molar-refractivity contribution in [2.45, 2.75) is 24.5 Å². The predicted molar refractivity (Wildman–Crippen MR) is 120 cm³/mol. The number of anilines is 2. The maximum Gasteiger partial charge on any atom is 0.164 e. The van der Waals surface area contributed by atoms with Crippen LogP contribution in [0.1, 0.15) is 0 Å². The van der Waals surface area contributed by atoms with Crippen LogP contribution < -0.4 is 14.8 Å². The average molecular weight is 486 g/mol. The van der Waals surface area contributed by atoms with Gasteiger partial charge in [0.2, 0.25) is 0 Å². The molecule has 1 aromatic heterocycles. The van der Waals surface area contributed by atoms with Crippen molar-refractivity contribution in [1.29, 1.82) is 0 Å². The minimum atomic E-state index is -2.10. The number of alkyl halides is 1. The van der Waals surface area contributed by atoms with Crippen LogP contribution in [0.3, 0.4) is 0 Å². The molecule has 0 aliphatic rings. The van der Waals surface area contributed by atoms with Crippen LogP contribution in [-0.2, 0) is 0 Å². The lowest BCUT2D eigenvalue weighted by atomic mass is 10.0. The van der Waals surface area contributed by atoms with E-state index in [4.69, 9.17) is 26.2 Å². The van der Waals surface area contributed by atoms with Gasteiger partial charge in [-0.1, -0.05) is 23.7 Å². The van der Waals surface area contributed by atoms with Crippen molar-refractivity contribution in [2.75, 3.05) is 25.6 Å². The number of para-hydroxylation sites is 1. The topological polar surface area (TPSA) is 169 Å². The summed E-state index contributed by atoms with van der Waals surface area (Å²) in [4.78, 5) is 8.46. The van der Waals surface area contributed by atoms with Crippen LogP contribution in [0.5, 0.6) is 11.5 Å². The highest BCUT2D eigenvalue weighted by Crippen LogP contribution is 2.36. The monoisotopic (exact) mass is 485 g/mol. The minimum absolute atomic E-state index is 0. The van der Waals surface area contributed by atoms with Gasteiger partial charge in [-0.05, 0) is 18.2 Å². The van der Waals surface area contributed by atoms with Gasteiger partial charge in [-0.2, -0.15) is 0 Å². The van der Waals surface area contributed by atoms with E-state index in [9.17, 15) is 19.7 Å². The van der Waals surface area contributed by atoms with Crippen molar-refractivity contribution in [1.82, 2.24) is 9.97 Å². The zero-order chi connectivity index (χ0) is 23.3. The van der Waals surface area contributed by atoms with E-state index in [0.29, 0.717) is 27.4 Å². The van der Waals surface area contributed by atoms with Crippen molar-refractivity contribution in [3.63, 3.8) is 0 Å². The Kier molecular flexibility index (Phi) is 9.53. The Labute approximate surface area is 193 Å². The number of ether oxygens (including phenoxy) is 2. The predicted octanol–water partition coefficient (Wildman–Crippen LogP) is 1.00. The van der Waals surface area contributed by atoms with E-state index in [1.54, 1.807) is 24.3 Å². The summed E-state index contributed by atoms with van der Waals surface area (Å²) in [6, 6.07) is 10.2. The number of fused-ring (bicyclic) bond motifs is 1. The standard InChI is InChI=1S/C21H23ClFN3O6.H2O/c1-31-16-6-11-15(24-10-25-21(11)26-14-5-3-2-4-12(14)22)7-17(16)32-18(9-28)20(30)19(29)13(23)8-27;/h2-7,10,13,18-20,27-30H,8-9H2,1H3,(H,24,25,26);1H2/t13-,18-,19+,20+;/m1./s1. The summed E-state index contributed by atoms with van der Waals surface area (Å²) in [6.45, 7) is -1.73. The lowest BCUT2D eigenvalue weighted by Crippen LogP contribution is -2.48. The molecule has 33 heavy (non-hydrogen) atoms. The molecule has 10 nitrogen and oxygen atoms in total. The molecule has 12 heteroatoms. The fourth-order valence-corrected chi connectivity index (χ4v) is 3.21. The highest BCUT2D eigenvalue weighted by Gasteiger charge is 2.34. The molecule has 0 aliphatic heterocycles. The summed E-state index contributed by atoms with van der Waals surface area (Å²) in [6.07, 6.45) is -5.95. The second kappa shape index (κ2) is 11.9. The molecular formula is C21H25ClFN3O7. The number of benzene rings is 2. The quantitative estimate of drug-likeness (QED) is 0.281. The first-order valence-electron chi connectivity index (χ1n) is 9.62. The average Bonchev–Trinajstić information content (AvgIpc) is 2.82. The van der Waals surface area contributed by atoms with E-state index < -0.39 is 37.7 Å². The van der Waals surface area contributed by atoms with E-state index in [1.807, 2.05) is 6.07 Å². The van der Waals surface area contributed by atoms with E-state index in [-0.39, 0.29) is 17.0 Å². The summed E-state index contributed by atoms with van der Waals surface area (Å²) in [5.41, 5.74) is 1.08. The van der Waals surface area contributed by atoms with Crippen molar-refractivity contribution in [2.24, 2.45) is 0 Å². The number of methoxy groups -OCH3 is 1. The first-order valence-corrected chi connectivity index (χ1v) is 10.00. The summed E-state index contributed by atoms with van der Waals surface area (Å²) in [7, 11) is 1.39. The Morgan fingerprint density at radius 3 is 2.42 bits per heavy atom. The van der Waals surface area contributed by atoms with Gasteiger partial charge in [0, 0.05) is 11.5 Å². The van der Waals surface area contributed by atoms with Gasteiger partial charge in [0.1, 0.15) is 24.4 Å².